The number of amides is 1. The predicted octanol–water partition coefficient (Wildman–Crippen LogP) is 9.21. The van der Waals surface area contributed by atoms with Crippen molar-refractivity contribution in [3.63, 3.8) is 0 Å². The minimum atomic E-state index is -0.907. The standard InChI is InChI=1S/C48H42N2O9/c51-46(39-25-24-38(50(54)55)28-40(39)48(53)59-31-35-18-9-3-10-19-35)45-43(57-29-33-14-5-1-6-15-33)26-36(27-44(45)58-30-34-16-7-2-8-17-34)32-56-42-23-13-22-41(42)49-47(52)37-20-11-4-12-21-37/h1-12,14-21,24-28,41-42H,13,22-23,29-32H2,(H,49,52)/t41-,42-/m1/s1. The fraction of sp³-hybridized carbons (Fsp3) is 0.188. The molecule has 0 unspecified atom stereocenters. The molecule has 0 saturated heterocycles. The molecule has 0 aliphatic heterocycles. The molecule has 6 aromatic rings. The van der Waals surface area contributed by atoms with E-state index in [1.807, 2.05) is 84.9 Å². The van der Waals surface area contributed by atoms with Gasteiger partial charge in [-0.1, -0.05) is 109 Å². The van der Waals surface area contributed by atoms with Crippen molar-refractivity contribution in [2.45, 2.75) is 57.8 Å². The minimum Gasteiger partial charge on any atom is -0.488 e. The number of nitro benzene ring substituents is 1. The SMILES string of the molecule is O=C(N[C@@H]1CCC[C@H]1OCc1cc(OCc2ccccc2)c(C(=O)c2ccc([N+](=O)[O-])cc2C(=O)OCc2ccccc2)c(OCc2ccccc2)c1)c1ccccc1. The number of nitrogens with zero attached hydrogens (tertiary/aromatic N) is 1. The number of non-ortho nitro benzene ring substituents is 1. The second-order valence-corrected chi connectivity index (χ2v) is 14.1. The van der Waals surface area contributed by atoms with Crippen molar-refractivity contribution in [1.29, 1.82) is 0 Å². The molecule has 59 heavy (non-hydrogen) atoms. The van der Waals surface area contributed by atoms with Crippen LogP contribution in [0.25, 0.3) is 0 Å². The number of rotatable bonds is 17. The summed E-state index contributed by atoms with van der Waals surface area (Å²) in [7, 11) is 0. The molecule has 0 heterocycles. The molecule has 6 aromatic carbocycles. The molecule has 1 fully saturated rings. The molecule has 1 N–H and O–H groups in total. The monoisotopic (exact) mass is 790 g/mol. The molecule has 2 atom stereocenters. The summed E-state index contributed by atoms with van der Waals surface area (Å²) in [5.74, 6) is -1.42. The number of benzene rings is 6. The Morgan fingerprint density at radius 3 is 1.71 bits per heavy atom. The van der Waals surface area contributed by atoms with Gasteiger partial charge in [0.2, 0.25) is 5.78 Å². The summed E-state index contributed by atoms with van der Waals surface area (Å²) >= 11 is 0. The van der Waals surface area contributed by atoms with E-state index in [0.717, 1.165) is 36.5 Å². The van der Waals surface area contributed by atoms with Crippen molar-refractivity contribution in [3.05, 3.63) is 206 Å². The largest absolute Gasteiger partial charge is 0.488 e. The van der Waals surface area contributed by atoms with Gasteiger partial charge in [-0.2, -0.15) is 0 Å². The number of ether oxygens (including phenoxy) is 4. The van der Waals surface area contributed by atoms with Crippen LogP contribution in [0.5, 0.6) is 11.5 Å². The Morgan fingerprint density at radius 1 is 0.610 bits per heavy atom. The van der Waals surface area contributed by atoms with Crippen molar-refractivity contribution in [2.24, 2.45) is 0 Å². The lowest BCUT2D eigenvalue weighted by Crippen LogP contribution is -2.41. The Kier molecular flexibility index (Phi) is 13.2. The van der Waals surface area contributed by atoms with Gasteiger partial charge in [0.1, 0.15) is 36.9 Å². The van der Waals surface area contributed by atoms with Crippen LogP contribution >= 0.6 is 0 Å². The molecule has 1 saturated carbocycles. The van der Waals surface area contributed by atoms with E-state index in [1.54, 1.807) is 48.5 Å². The first-order chi connectivity index (χ1) is 28.8. The summed E-state index contributed by atoms with van der Waals surface area (Å²) in [6.07, 6.45) is 2.11. The second-order valence-electron chi connectivity index (χ2n) is 14.1. The third-order valence-electron chi connectivity index (χ3n) is 9.99. The fourth-order valence-corrected chi connectivity index (χ4v) is 6.93. The topological polar surface area (TPSA) is 143 Å². The Hall–Kier alpha value is -7.11. The minimum absolute atomic E-state index is 0.0143. The van der Waals surface area contributed by atoms with Gasteiger partial charge in [-0.05, 0) is 71.8 Å². The molecule has 0 spiro atoms. The zero-order valence-corrected chi connectivity index (χ0v) is 32.2. The third kappa shape index (κ3) is 10.4. The average Bonchev–Trinajstić information content (AvgIpc) is 3.73. The number of nitro groups is 1. The molecule has 11 heteroatoms. The second kappa shape index (κ2) is 19.4. The Morgan fingerprint density at radius 2 is 1.15 bits per heavy atom. The molecule has 0 aromatic heterocycles. The van der Waals surface area contributed by atoms with Crippen molar-refractivity contribution in [2.75, 3.05) is 0 Å². The first kappa shape index (κ1) is 40.1. The van der Waals surface area contributed by atoms with Gasteiger partial charge < -0.3 is 24.3 Å². The highest BCUT2D eigenvalue weighted by atomic mass is 16.6. The lowest BCUT2D eigenvalue weighted by molar-refractivity contribution is -0.384. The van der Waals surface area contributed by atoms with Crippen LogP contribution in [-0.4, -0.2) is 34.7 Å². The number of esters is 1. The number of nitrogens with one attached hydrogen (secondary N) is 1. The Balaban J connectivity index is 1.24. The maximum Gasteiger partial charge on any atom is 0.339 e. The van der Waals surface area contributed by atoms with E-state index in [2.05, 4.69) is 5.32 Å². The van der Waals surface area contributed by atoms with Gasteiger partial charge in [0.05, 0.1) is 29.2 Å². The van der Waals surface area contributed by atoms with Crippen LogP contribution in [0.3, 0.4) is 0 Å². The number of carbonyl (C=O) groups is 3. The van der Waals surface area contributed by atoms with Crippen LogP contribution < -0.4 is 14.8 Å². The van der Waals surface area contributed by atoms with Gasteiger partial charge >= 0.3 is 5.97 Å². The maximum absolute atomic E-state index is 14.9. The highest BCUT2D eigenvalue weighted by Gasteiger charge is 2.31. The molecular formula is C48H42N2O9. The van der Waals surface area contributed by atoms with Crippen LogP contribution in [0.15, 0.2) is 152 Å². The van der Waals surface area contributed by atoms with Gasteiger partial charge in [0.15, 0.2) is 0 Å². The number of hydrogen-bond acceptors (Lipinski definition) is 9. The quantitative estimate of drug-likeness (QED) is 0.0414. The summed E-state index contributed by atoms with van der Waals surface area (Å²) < 4.78 is 24.9. The van der Waals surface area contributed by atoms with Crippen molar-refractivity contribution in [1.82, 2.24) is 5.32 Å². The zero-order chi connectivity index (χ0) is 41.0. The van der Waals surface area contributed by atoms with E-state index in [9.17, 15) is 24.5 Å². The molecule has 0 bridgehead atoms. The van der Waals surface area contributed by atoms with E-state index >= 15 is 0 Å². The van der Waals surface area contributed by atoms with Crippen LogP contribution in [0.2, 0.25) is 0 Å². The van der Waals surface area contributed by atoms with E-state index in [4.69, 9.17) is 18.9 Å². The zero-order valence-electron chi connectivity index (χ0n) is 32.2. The molecular weight excluding hydrogens is 749 g/mol. The highest BCUT2D eigenvalue weighted by Crippen LogP contribution is 2.37. The van der Waals surface area contributed by atoms with Gasteiger partial charge in [0.25, 0.3) is 11.6 Å². The lowest BCUT2D eigenvalue weighted by atomic mass is 9.95. The van der Waals surface area contributed by atoms with E-state index in [0.29, 0.717) is 16.7 Å². The van der Waals surface area contributed by atoms with Gasteiger partial charge in [0, 0.05) is 23.3 Å². The highest BCUT2D eigenvalue weighted by molar-refractivity contribution is 6.17. The predicted molar refractivity (Wildman–Crippen MR) is 220 cm³/mol. The first-order valence-electron chi connectivity index (χ1n) is 19.3. The van der Waals surface area contributed by atoms with E-state index < -0.39 is 16.7 Å². The maximum atomic E-state index is 14.9. The fourth-order valence-electron chi connectivity index (χ4n) is 6.93. The Bertz CT molecular complexity index is 2330. The summed E-state index contributed by atoms with van der Waals surface area (Å²) in [6.45, 7) is 0.173. The lowest BCUT2D eigenvalue weighted by Gasteiger charge is -2.23. The van der Waals surface area contributed by atoms with Crippen molar-refractivity contribution in [3.8, 4) is 11.5 Å². The number of carbonyl (C=O) groups excluding carboxylic acids is 3. The normalized spacial score (nSPS) is 14.6. The molecule has 0 radical (unpaired) electrons. The molecule has 1 aliphatic rings. The molecule has 1 aliphatic carbocycles. The molecule has 7 rings (SSSR count). The van der Waals surface area contributed by atoms with Crippen LogP contribution in [0.4, 0.5) is 5.69 Å². The van der Waals surface area contributed by atoms with Crippen LogP contribution in [-0.2, 0) is 35.9 Å². The summed E-state index contributed by atoms with van der Waals surface area (Å²) in [5.41, 5.74) is 2.80. The third-order valence-corrected chi connectivity index (χ3v) is 9.99. The average molecular weight is 791 g/mol. The summed E-state index contributed by atoms with van der Waals surface area (Å²) in [5, 5.41) is 15.0. The van der Waals surface area contributed by atoms with E-state index in [-0.39, 0.29) is 78.4 Å². The van der Waals surface area contributed by atoms with E-state index in [1.165, 1.54) is 12.1 Å². The van der Waals surface area contributed by atoms with Gasteiger partial charge in [-0.15, -0.1) is 0 Å². The van der Waals surface area contributed by atoms with Gasteiger partial charge in [-0.25, -0.2) is 4.79 Å². The smallest absolute Gasteiger partial charge is 0.339 e. The van der Waals surface area contributed by atoms with Crippen LogP contribution in [0, 0.1) is 10.1 Å². The van der Waals surface area contributed by atoms with Crippen molar-refractivity contribution < 1.29 is 38.3 Å². The van der Waals surface area contributed by atoms with Crippen molar-refractivity contribution >= 4 is 23.3 Å². The molecule has 298 valence electrons. The molecule has 11 nitrogen and oxygen atoms in total. The summed E-state index contributed by atoms with van der Waals surface area (Å²) in [6, 6.07) is 43.5. The Labute approximate surface area is 341 Å². The first-order valence-corrected chi connectivity index (χ1v) is 19.3. The van der Waals surface area contributed by atoms with Crippen LogP contribution in [0.1, 0.15) is 78.2 Å². The number of ketones is 1. The van der Waals surface area contributed by atoms with Gasteiger partial charge in [-0.3, -0.25) is 19.7 Å². The molecule has 1 amide bonds. The number of hydrogen-bond donors (Lipinski definition) is 1. The summed E-state index contributed by atoms with van der Waals surface area (Å²) in [4.78, 5) is 52.9.